The minimum absolute atomic E-state index is 0.148. The molecule has 0 aliphatic heterocycles. The van der Waals surface area contributed by atoms with Gasteiger partial charge in [-0.25, -0.2) is 9.59 Å². The van der Waals surface area contributed by atoms with Gasteiger partial charge in [0.15, 0.2) is 5.60 Å². The Balaban J connectivity index is 2.01. The van der Waals surface area contributed by atoms with E-state index >= 15 is 0 Å². The highest BCUT2D eigenvalue weighted by atomic mass is 28.2. The van der Waals surface area contributed by atoms with E-state index in [9.17, 15) is 14.7 Å². The zero-order valence-corrected chi connectivity index (χ0v) is 30.3. The topological polar surface area (TPSA) is 94.1 Å². The summed E-state index contributed by atoms with van der Waals surface area (Å²) in [4.78, 5) is 26.7. The molecule has 7 nitrogen and oxygen atoms in total. The van der Waals surface area contributed by atoms with Crippen LogP contribution in [0.5, 0.6) is 5.75 Å². The maximum atomic E-state index is 13.4. The van der Waals surface area contributed by atoms with Gasteiger partial charge in [-0.3, -0.25) is 0 Å². The van der Waals surface area contributed by atoms with E-state index in [1.165, 1.54) is 0 Å². The van der Waals surface area contributed by atoms with Gasteiger partial charge in [0.25, 0.3) is 0 Å². The molecule has 0 fully saturated rings. The van der Waals surface area contributed by atoms with E-state index in [1.807, 2.05) is 120 Å². The van der Waals surface area contributed by atoms with Gasteiger partial charge in [-0.1, -0.05) is 107 Å². The van der Waals surface area contributed by atoms with E-state index in [2.05, 4.69) is 26.1 Å². The molecule has 3 rings (SSSR count). The molecule has 0 aromatic heterocycles. The van der Waals surface area contributed by atoms with E-state index < -0.39 is 40.1 Å². The highest BCUT2D eigenvalue weighted by Crippen LogP contribution is 2.51. The van der Waals surface area contributed by atoms with Crippen LogP contribution in [0.2, 0.25) is 0 Å². The normalized spacial score (nSPS) is 15.0. The van der Waals surface area contributed by atoms with Crippen molar-refractivity contribution in [3.8, 4) is 5.75 Å². The summed E-state index contributed by atoms with van der Waals surface area (Å²) in [6.07, 6.45) is 0.109. The number of aliphatic carboxylic acids is 1. The molecule has 0 aliphatic rings. The van der Waals surface area contributed by atoms with Gasteiger partial charge in [-0.2, -0.15) is 0 Å². The minimum atomic E-state index is -1.58. The fraction of sp³-hybridized carbons (Fsp3) is 0.459. The SMILES string of the molecule is CC(C)(C)OC(=O)N[C@@H](Cc1ccccc1)[C@@H](C(C)(C)C)C(C)(C)[C@@](Cc1ccc(OCc2ccccc2)cc1)(O[SiH3])C(=O)O. The van der Waals surface area contributed by atoms with Crippen molar-refractivity contribution in [2.75, 3.05) is 0 Å². The number of carboxylic acids is 1. The molecule has 0 radical (unpaired) electrons. The lowest BCUT2D eigenvalue weighted by Gasteiger charge is -2.54. The Morgan fingerprint density at radius 2 is 1.31 bits per heavy atom. The first-order chi connectivity index (χ1) is 21.0. The molecule has 8 heteroatoms. The van der Waals surface area contributed by atoms with Gasteiger partial charge in [-0.05, 0) is 67.3 Å². The summed E-state index contributed by atoms with van der Waals surface area (Å²) >= 11 is 0. The minimum Gasteiger partial charge on any atom is -0.489 e. The van der Waals surface area contributed by atoms with Crippen molar-refractivity contribution in [3.05, 3.63) is 102 Å². The molecule has 0 heterocycles. The lowest BCUT2D eigenvalue weighted by Crippen LogP contribution is -2.64. The van der Waals surface area contributed by atoms with Gasteiger partial charge in [0.1, 0.15) is 28.4 Å². The molecular formula is C37H51NO6Si. The Hall–Kier alpha value is -3.62. The van der Waals surface area contributed by atoms with Crippen LogP contribution in [0.25, 0.3) is 0 Å². The third-order valence-corrected chi connectivity index (χ3v) is 9.17. The molecular weight excluding hydrogens is 582 g/mol. The average molecular weight is 634 g/mol. The predicted molar refractivity (Wildman–Crippen MR) is 182 cm³/mol. The van der Waals surface area contributed by atoms with Crippen molar-refractivity contribution >= 4 is 22.5 Å². The number of carbonyl (C=O) groups is 2. The van der Waals surface area contributed by atoms with Crippen LogP contribution in [-0.2, 0) is 33.4 Å². The zero-order valence-electron chi connectivity index (χ0n) is 28.3. The molecule has 45 heavy (non-hydrogen) atoms. The van der Waals surface area contributed by atoms with E-state index in [0.29, 0.717) is 18.8 Å². The molecule has 3 atom stereocenters. The molecule has 3 aromatic carbocycles. The summed E-state index contributed by atoms with van der Waals surface area (Å²) < 4.78 is 17.9. The second-order valence-corrected chi connectivity index (χ2v) is 14.8. The summed E-state index contributed by atoms with van der Waals surface area (Å²) in [5.74, 6) is -0.681. The quantitative estimate of drug-likeness (QED) is 0.202. The number of hydrogen-bond donors (Lipinski definition) is 2. The number of benzene rings is 3. The van der Waals surface area contributed by atoms with Crippen LogP contribution in [0.4, 0.5) is 4.79 Å². The van der Waals surface area contributed by atoms with Crippen LogP contribution in [0, 0.1) is 16.7 Å². The van der Waals surface area contributed by atoms with Gasteiger partial charge >= 0.3 is 12.1 Å². The number of carboxylic acid groups (broad SMARTS) is 1. The molecule has 0 saturated carbocycles. The number of rotatable bonds is 13. The fourth-order valence-electron chi connectivity index (χ4n) is 6.75. The van der Waals surface area contributed by atoms with Gasteiger partial charge in [-0.15, -0.1) is 0 Å². The van der Waals surface area contributed by atoms with Crippen molar-refractivity contribution < 1.29 is 28.6 Å². The first-order valence-corrected chi connectivity index (χ1v) is 16.4. The lowest BCUT2D eigenvalue weighted by atomic mass is 9.54. The van der Waals surface area contributed by atoms with E-state index in [4.69, 9.17) is 13.9 Å². The summed E-state index contributed by atoms with van der Waals surface area (Å²) in [5, 5.41) is 14.1. The summed E-state index contributed by atoms with van der Waals surface area (Å²) in [6.45, 7) is 16.1. The van der Waals surface area contributed by atoms with E-state index in [-0.39, 0.29) is 22.8 Å². The third-order valence-electron chi connectivity index (χ3n) is 8.47. The smallest absolute Gasteiger partial charge is 0.407 e. The van der Waals surface area contributed by atoms with Crippen molar-refractivity contribution in [1.29, 1.82) is 0 Å². The van der Waals surface area contributed by atoms with Crippen LogP contribution in [-0.4, -0.2) is 44.9 Å². The Bertz CT molecular complexity index is 1380. The predicted octanol–water partition coefficient (Wildman–Crippen LogP) is 6.75. The second kappa shape index (κ2) is 14.6. The number of alkyl carbamates (subject to hydrolysis) is 1. The van der Waals surface area contributed by atoms with Crippen molar-refractivity contribution in [2.45, 2.75) is 92.1 Å². The molecule has 0 bridgehead atoms. The Morgan fingerprint density at radius 1 is 0.778 bits per heavy atom. The van der Waals surface area contributed by atoms with Crippen LogP contribution >= 0.6 is 0 Å². The molecule has 0 unspecified atom stereocenters. The highest BCUT2D eigenvalue weighted by molar-refractivity contribution is 6.00. The zero-order chi connectivity index (χ0) is 33.5. The van der Waals surface area contributed by atoms with E-state index in [1.54, 1.807) is 0 Å². The molecule has 1 amide bonds. The third kappa shape index (κ3) is 9.44. The Labute approximate surface area is 272 Å². The monoisotopic (exact) mass is 633 g/mol. The first kappa shape index (κ1) is 35.9. The van der Waals surface area contributed by atoms with Crippen molar-refractivity contribution in [1.82, 2.24) is 5.32 Å². The second-order valence-electron chi connectivity index (χ2n) is 14.4. The van der Waals surface area contributed by atoms with Gasteiger partial charge in [0, 0.05) is 17.9 Å². The van der Waals surface area contributed by atoms with Crippen molar-refractivity contribution in [3.63, 3.8) is 0 Å². The Morgan fingerprint density at radius 3 is 1.78 bits per heavy atom. The highest BCUT2D eigenvalue weighted by Gasteiger charge is 2.59. The summed E-state index contributed by atoms with van der Waals surface area (Å²) in [7, 11) is 0.201. The maximum absolute atomic E-state index is 13.4. The molecule has 0 aliphatic carbocycles. The van der Waals surface area contributed by atoms with E-state index in [0.717, 1.165) is 16.7 Å². The lowest BCUT2D eigenvalue weighted by molar-refractivity contribution is -0.178. The van der Waals surface area contributed by atoms with Crippen LogP contribution in [0.15, 0.2) is 84.9 Å². The first-order valence-electron chi connectivity index (χ1n) is 15.6. The molecule has 0 spiro atoms. The van der Waals surface area contributed by atoms with Crippen LogP contribution in [0.3, 0.4) is 0 Å². The van der Waals surface area contributed by atoms with Gasteiger partial charge < -0.3 is 24.3 Å². The molecule has 244 valence electrons. The van der Waals surface area contributed by atoms with Crippen molar-refractivity contribution in [2.24, 2.45) is 16.7 Å². The molecule has 3 aromatic rings. The number of amides is 1. The fourth-order valence-corrected chi connectivity index (χ4v) is 7.60. The van der Waals surface area contributed by atoms with Crippen LogP contribution in [0.1, 0.15) is 72.1 Å². The van der Waals surface area contributed by atoms with Gasteiger partial charge in [0.05, 0.1) is 0 Å². The van der Waals surface area contributed by atoms with Gasteiger partial charge in [0.2, 0.25) is 0 Å². The molecule has 0 saturated heterocycles. The molecule has 2 N–H and O–H groups in total. The number of nitrogens with one attached hydrogen (secondary N) is 1. The summed E-state index contributed by atoms with van der Waals surface area (Å²) in [5.41, 5.74) is -0.745. The maximum Gasteiger partial charge on any atom is 0.407 e. The number of ether oxygens (including phenoxy) is 2. The number of hydrogen-bond acceptors (Lipinski definition) is 5. The van der Waals surface area contributed by atoms with Crippen LogP contribution < -0.4 is 10.1 Å². The Kier molecular flexibility index (Phi) is 11.7. The average Bonchev–Trinajstić information content (AvgIpc) is 2.94. The summed E-state index contributed by atoms with van der Waals surface area (Å²) in [6, 6.07) is 26.9. The largest absolute Gasteiger partial charge is 0.489 e. The number of carbonyl (C=O) groups excluding carboxylic acids is 1. The standard InChI is InChI=1S/C37H51NO6Si/c1-34(2,3)31(30(23-26-15-11-9-12-16-26)38-33(41)43-35(4,5)6)36(7,8)37(44-45,32(39)40)24-27-19-21-29(22-20-27)42-25-28-17-13-10-14-18-28/h9-22,30-31H,23-25H2,1-8,45H3,(H,38,41)(H,39,40)/t30-,31-,37-/m0/s1.